The zero-order valence-electron chi connectivity index (χ0n) is 15.6. The zero-order chi connectivity index (χ0) is 22.7. The largest absolute Gasteiger partial charge is 0.516 e. The second-order valence-corrected chi connectivity index (χ2v) is 9.34. The number of rotatable bonds is 7. The van der Waals surface area contributed by atoms with Crippen LogP contribution in [-0.2, 0) is 21.5 Å². The van der Waals surface area contributed by atoms with Gasteiger partial charge in [-0.3, -0.25) is 4.72 Å². The van der Waals surface area contributed by atoms with Gasteiger partial charge in [-0.05, 0) is 36.2 Å². The molecule has 0 heterocycles. The fourth-order valence-corrected chi connectivity index (χ4v) is 3.51. The van der Waals surface area contributed by atoms with Gasteiger partial charge in [-0.15, -0.1) is 0 Å². The molecule has 0 bridgehead atoms. The number of nitrogens with zero attached hydrogens (tertiary/aromatic N) is 1. The molecular formula is C18H16Cl3F3N2O3S. The number of benzene rings is 2. The van der Waals surface area contributed by atoms with Gasteiger partial charge in [0.15, 0.2) is 0 Å². The summed E-state index contributed by atoms with van der Waals surface area (Å²) in [4.78, 5) is 5.33. The highest BCUT2D eigenvalue weighted by Gasteiger charge is 2.46. The summed E-state index contributed by atoms with van der Waals surface area (Å²) < 4.78 is 63.0. The maximum Gasteiger partial charge on any atom is 0.516 e. The molecule has 0 radical (unpaired) electrons. The third-order valence-corrected chi connectivity index (χ3v) is 5.67. The van der Waals surface area contributed by atoms with Gasteiger partial charge in [0.25, 0.3) is 0 Å². The van der Waals surface area contributed by atoms with Gasteiger partial charge >= 0.3 is 15.5 Å². The van der Waals surface area contributed by atoms with E-state index in [1.165, 1.54) is 22.9 Å². The number of halogens is 6. The molecule has 0 amide bonds. The Morgan fingerprint density at radius 1 is 1.10 bits per heavy atom. The lowest BCUT2D eigenvalue weighted by atomic mass is 9.99. The van der Waals surface area contributed by atoms with Crippen LogP contribution in [0.15, 0.2) is 41.6 Å². The molecule has 2 aromatic rings. The summed E-state index contributed by atoms with van der Waals surface area (Å²) in [6.07, 6.45) is 0. The van der Waals surface area contributed by atoms with Gasteiger partial charge in [-0.2, -0.15) is 21.6 Å². The van der Waals surface area contributed by atoms with Crippen LogP contribution in [0.25, 0.3) is 0 Å². The van der Waals surface area contributed by atoms with Gasteiger partial charge in [0, 0.05) is 26.2 Å². The van der Waals surface area contributed by atoms with E-state index < -0.39 is 15.5 Å². The van der Waals surface area contributed by atoms with Crippen molar-refractivity contribution in [2.75, 3.05) is 4.72 Å². The van der Waals surface area contributed by atoms with Crippen molar-refractivity contribution < 1.29 is 26.4 Å². The van der Waals surface area contributed by atoms with Crippen molar-refractivity contribution in [3.05, 3.63) is 62.6 Å². The first kappa shape index (κ1) is 24.6. The van der Waals surface area contributed by atoms with E-state index in [-0.39, 0.29) is 34.5 Å². The minimum atomic E-state index is -5.64. The van der Waals surface area contributed by atoms with E-state index in [1.54, 1.807) is 26.0 Å². The van der Waals surface area contributed by atoms with Crippen LogP contribution in [0.5, 0.6) is 0 Å². The van der Waals surface area contributed by atoms with Gasteiger partial charge in [-0.25, -0.2) is 0 Å². The number of oxime groups is 1. The predicted molar refractivity (Wildman–Crippen MR) is 113 cm³/mol. The van der Waals surface area contributed by atoms with E-state index >= 15 is 0 Å². The number of sulfonamides is 1. The average molecular weight is 504 g/mol. The Balaban J connectivity index is 2.39. The van der Waals surface area contributed by atoms with Crippen molar-refractivity contribution in [3.8, 4) is 0 Å². The molecule has 1 N–H and O–H groups in total. The first-order valence-corrected chi connectivity index (χ1v) is 11.0. The minimum absolute atomic E-state index is 0.0452. The smallest absolute Gasteiger partial charge is 0.391 e. The lowest BCUT2D eigenvalue weighted by Gasteiger charge is -2.17. The van der Waals surface area contributed by atoms with E-state index in [4.69, 9.17) is 39.6 Å². The van der Waals surface area contributed by atoms with Gasteiger partial charge in [0.1, 0.15) is 6.61 Å². The quantitative estimate of drug-likeness (QED) is 0.347. The highest BCUT2D eigenvalue weighted by atomic mass is 35.5. The molecule has 0 spiro atoms. The molecule has 0 aliphatic heterocycles. The van der Waals surface area contributed by atoms with E-state index in [0.717, 1.165) is 6.07 Å². The summed E-state index contributed by atoms with van der Waals surface area (Å²) in [6, 6.07) is 8.45. The van der Waals surface area contributed by atoms with E-state index in [0.29, 0.717) is 15.6 Å². The van der Waals surface area contributed by atoms with Gasteiger partial charge in [-0.1, -0.05) is 59.9 Å². The fourth-order valence-electron chi connectivity index (χ4n) is 2.30. The molecule has 0 saturated heterocycles. The van der Waals surface area contributed by atoms with Crippen molar-refractivity contribution in [2.24, 2.45) is 11.1 Å². The Morgan fingerprint density at radius 2 is 1.70 bits per heavy atom. The highest BCUT2D eigenvalue weighted by Crippen LogP contribution is 2.30. The third-order valence-electron chi connectivity index (χ3n) is 3.75. The second-order valence-electron chi connectivity index (χ2n) is 6.38. The van der Waals surface area contributed by atoms with Crippen LogP contribution >= 0.6 is 34.8 Å². The van der Waals surface area contributed by atoms with Crippen LogP contribution in [-0.4, -0.2) is 19.6 Å². The van der Waals surface area contributed by atoms with Crippen LogP contribution < -0.4 is 4.72 Å². The lowest BCUT2D eigenvalue weighted by Crippen LogP contribution is -2.30. The summed E-state index contributed by atoms with van der Waals surface area (Å²) in [7, 11) is -5.64. The number of anilines is 1. The summed E-state index contributed by atoms with van der Waals surface area (Å²) in [5, 5.41) is 4.96. The SMILES string of the molecule is CC(C)/C(=N\OCc1ccc(Cl)cc1Cl)c1cc(Cl)ccc1NS(=O)(=O)C(F)(F)F. The molecular weight excluding hydrogens is 488 g/mol. The van der Waals surface area contributed by atoms with Crippen molar-refractivity contribution in [2.45, 2.75) is 26.0 Å². The summed E-state index contributed by atoms with van der Waals surface area (Å²) in [5.74, 6) is -0.349. The molecule has 5 nitrogen and oxygen atoms in total. The molecule has 0 aromatic heterocycles. The molecule has 164 valence electrons. The van der Waals surface area contributed by atoms with E-state index in [2.05, 4.69) is 5.16 Å². The van der Waals surface area contributed by atoms with Crippen molar-refractivity contribution in [1.29, 1.82) is 0 Å². The molecule has 2 aromatic carbocycles. The molecule has 30 heavy (non-hydrogen) atoms. The monoisotopic (exact) mass is 502 g/mol. The third kappa shape index (κ3) is 6.16. The predicted octanol–water partition coefficient (Wildman–Crippen LogP) is 6.49. The summed E-state index contributed by atoms with van der Waals surface area (Å²) in [5.41, 5.74) is -5.01. The Labute approximate surface area is 186 Å². The van der Waals surface area contributed by atoms with Gasteiger partial charge < -0.3 is 4.84 Å². The van der Waals surface area contributed by atoms with Crippen molar-refractivity contribution in [1.82, 2.24) is 0 Å². The average Bonchev–Trinajstić information content (AvgIpc) is 2.60. The molecule has 0 aliphatic carbocycles. The topological polar surface area (TPSA) is 67.8 Å². The number of nitrogens with one attached hydrogen (secondary N) is 1. The Bertz CT molecular complexity index is 1060. The minimum Gasteiger partial charge on any atom is -0.391 e. The number of hydrogen-bond donors (Lipinski definition) is 1. The molecule has 0 fully saturated rings. The fraction of sp³-hybridized carbons (Fsp3) is 0.278. The molecule has 2 rings (SSSR count). The number of alkyl halides is 3. The van der Waals surface area contributed by atoms with Crippen molar-refractivity contribution in [3.63, 3.8) is 0 Å². The first-order chi connectivity index (χ1) is 13.8. The molecule has 0 aliphatic rings. The molecule has 0 atom stereocenters. The van der Waals surface area contributed by atoms with Crippen LogP contribution in [0, 0.1) is 5.92 Å². The molecule has 0 unspecified atom stereocenters. The standard InChI is InChI=1S/C18H16Cl3F3N2O3S/c1-10(2)17(25-29-9-11-3-4-13(20)8-15(11)21)14-7-12(19)5-6-16(14)26-30(27,28)18(22,23)24/h3-8,10,26H,9H2,1-2H3/b25-17+. The second kappa shape index (κ2) is 9.64. The zero-order valence-corrected chi connectivity index (χ0v) is 18.7. The van der Waals surface area contributed by atoms with Crippen LogP contribution in [0.2, 0.25) is 15.1 Å². The maximum atomic E-state index is 12.8. The van der Waals surface area contributed by atoms with E-state index in [1.807, 2.05) is 0 Å². The Kier molecular flexibility index (Phi) is 7.90. The van der Waals surface area contributed by atoms with E-state index in [9.17, 15) is 21.6 Å². The number of hydrogen-bond acceptors (Lipinski definition) is 4. The van der Waals surface area contributed by atoms with Crippen LogP contribution in [0.3, 0.4) is 0 Å². The van der Waals surface area contributed by atoms with Crippen molar-refractivity contribution >= 4 is 56.2 Å². The maximum absolute atomic E-state index is 12.8. The molecule has 12 heteroatoms. The summed E-state index contributed by atoms with van der Waals surface area (Å²) >= 11 is 17.9. The van der Waals surface area contributed by atoms with Crippen LogP contribution in [0.4, 0.5) is 18.9 Å². The first-order valence-electron chi connectivity index (χ1n) is 8.34. The summed E-state index contributed by atoms with van der Waals surface area (Å²) in [6.45, 7) is 3.37. The molecule has 0 saturated carbocycles. The normalized spacial score (nSPS) is 12.9. The highest BCUT2D eigenvalue weighted by molar-refractivity contribution is 7.93. The van der Waals surface area contributed by atoms with Crippen LogP contribution in [0.1, 0.15) is 25.0 Å². The Hall–Kier alpha value is -1.68. The van der Waals surface area contributed by atoms with Gasteiger partial charge in [0.05, 0.1) is 11.4 Å². The lowest BCUT2D eigenvalue weighted by molar-refractivity contribution is -0.0429. The van der Waals surface area contributed by atoms with Gasteiger partial charge in [0.2, 0.25) is 0 Å². The Morgan fingerprint density at radius 3 is 2.27 bits per heavy atom.